The van der Waals surface area contributed by atoms with Crippen molar-refractivity contribution in [1.82, 2.24) is 4.72 Å². The topological polar surface area (TPSA) is 72.2 Å². The van der Waals surface area contributed by atoms with E-state index in [2.05, 4.69) is 11.6 Å². The van der Waals surface area contributed by atoms with Crippen LogP contribution in [0, 0.1) is 0 Å². The predicted octanol–water partition coefficient (Wildman–Crippen LogP) is 2.93. The smallest absolute Gasteiger partial charge is 0.250 e. The van der Waals surface area contributed by atoms with Crippen molar-refractivity contribution >= 4 is 27.0 Å². The molecule has 0 amide bonds. The Morgan fingerprint density at radius 2 is 1.95 bits per heavy atom. The van der Waals surface area contributed by atoms with E-state index >= 15 is 0 Å². The van der Waals surface area contributed by atoms with Crippen molar-refractivity contribution in [3.8, 4) is 0 Å². The van der Waals surface area contributed by atoms with E-state index in [9.17, 15) is 8.42 Å². The molecular weight excluding hydrogens is 292 g/mol. The summed E-state index contributed by atoms with van der Waals surface area (Å²) in [5, 5.41) is 1.62. The molecule has 0 saturated carbocycles. The molecule has 0 bridgehead atoms. The van der Waals surface area contributed by atoms with Gasteiger partial charge in [-0.05, 0) is 30.5 Å². The number of nitrogen functional groups attached to an aromatic ring is 1. The molecule has 1 aromatic heterocycles. The highest BCUT2D eigenvalue weighted by atomic mass is 32.2. The van der Waals surface area contributed by atoms with E-state index in [1.54, 1.807) is 5.38 Å². The van der Waals surface area contributed by atoms with Gasteiger partial charge in [0.05, 0.1) is 0 Å². The van der Waals surface area contributed by atoms with Crippen LogP contribution in [-0.2, 0) is 16.4 Å². The molecule has 1 heterocycles. The molecule has 0 aliphatic heterocycles. The van der Waals surface area contributed by atoms with Gasteiger partial charge in [-0.2, -0.15) is 0 Å². The average Bonchev–Trinajstić information content (AvgIpc) is 2.86. The van der Waals surface area contributed by atoms with Crippen molar-refractivity contribution in [3.05, 3.63) is 46.8 Å². The maximum absolute atomic E-state index is 12.2. The summed E-state index contributed by atoms with van der Waals surface area (Å²) in [6.07, 6.45) is 0.967. The minimum Gasteiger partial charge on any atom is -0.398 e. The van der Waals surface area contributed by atoms with Gasteiger partial charge >= 0.3 is 0 Å². The molecule has 1 atom stereocenters. The predicted molar refractivity (Wildman–Crippen MR) is 83.3 cm³/mol. The average molecular weight is 310 g/mol. The molecule has 1 aromatic carbocycles. The molecule has 20 heavy (non-hydrogen) atoms. The van der Waals surface area contributed by atoms with Gasteiger partial charge in [-0.1, -0.05) is 31.2 Å². The summed E-state index contributed by atoms with van der Waals surface area (Å²) in [5.74, 6) is 0. The molecule has 0 radical (unpaired) electrons. The second kappa shape index (κ2) is 5.95. The van der Waals surface area contributed by atoms with E-state index in [1.807, 2.05) is 31.2 Å². The number of hydrogen-bond acceptors (Lipinski definition) is 4. The Morgan fingerprint density at radius 3 is 2.45 bits per heavy atom. The molecule has 0 fully saturated rings. The second-order valence-corrected chi connectivity index (χ2v) is 7.49. The van der Waals surface area contributed by atoms with E-state index in [0.717, 1.165) is 23.3 Å². The molecule has 0 aliphatic carbocycles. The number of thiophene rings is 1. The summed E-state index contributed by atoms with van der Waals surface area (Å²) in [7, 11) is -3.51. The van der Waals surface area contributed by atoms with E-state index in [0.29, 0.717) is 5.69 Å². The van der Waals surface area contributed by atoms with Crippen LogP contribution in [0.25, 0.3) is 0 Å². The van der Waals surface area contributed by atoms with Gasteiger partial charge < -0.3 is 5.73 Å². The Balaban J connectivity index is 2.15. The molecule has 0 spiro atoms. The first-order valence-corrected chi connectivity index (χ1v) is 8.74. The Labute approximate surface area is 123 Å². The van der Waals surface area contributed by atoms with E-state index in [4.69, 9.17) is 5.73 Å². The van der Waals surface area contributed by atoms with Crippen LogP contribution in [0.4, 0.5) is 5.69 Å². The van der Waals surface area contributed by atoms with Crippen LogP contribution >= 0.6 is 11.3 Å². The highest BCUT2D eigenvalue weighted by molar-refractivity contribution is 7.91. The highest BCUT2D eigenvalue weighted by Gasteiger charge is 2.20. The Bertz CT molecular complexity index is 675. The molecule has 6 heteroatoms. The molecule has 2 aromatic rings. The molecule has 3 N–H and O–H groups in total. The minimum absolute atomic E-state index is 0.243. The highest BCUT2D eigenvalue weighted by Crippen LogP contribution is 2.24. The normalized spacial score (nSPS) is 13.3. The molecule has 2 rings (SSSR count). The first kappa shape index (κ1) is 15.0. The van der Waals surface area contributed by atoms with E-state index in [1.165, 1.54) is 11.6 Å². The third-order valence-corrected chi connectivity index (χ3v) is 6.08. The fraction of sp³-hybridized carbons (Fsp3) is 0.286. The van der Waals surface area contributed by atoms with Crippen LogP contribution in [0.3, 0.4) is 0 Å². The summed E-state index contributed by atoms with van der Waals surface area (Å²) in [5.41, 5.74) is 8.21. The van der Waals surface area contributed by atoms with Crippen molar-refractivity contribution in [2.45, 2.75) is 30.5 Å². The molecule has 1 unspecified atom stereocenters. The monoisotopic (exact) mass is 310 g/mol. The minimum atomic E-state index is -3.51. The van der Waals surface area contributed by atoms with Crippen molar-refractivity contribution < 1.29 is 8.42 Å². The maximum atomic E-state index is 12.2. The summed E-state index contributed by atoms with van der Waals surface area (Å²) in [6.45, 7) is 3.91. The Kier molecular flexibility index (Phi) is 4.47. The number of nitrogens with two attached hydrogens (primary N) is 1. The lowest BCUT2D eigenvalue weighted by molar-refractivity contribution is 0.569. The number of aryl methyl sites for hydroxylation is 1. The van der Waals surface area contributed by atoms with Gasteiger partial charge in [-0.15, -0.1) is 11.3 Å². The van der Waals surface area contributed by atoms with E-state index in [-0.39, 0.29) is 10.3 Å². The summed E-state index contributed by atoms with van der Waals surface area (Å²) in [6, 6.07) is 9.13. The first-order chi connectivity index (χ1) is 9.42. The maximum Gasteiger partial charge on any atom is 0.250 e. The van der Waals surface area contributed by atoms with Crippen LogP contribution in [0.2, 0.25) is 0 Å². The number of anilines is 1. The third-order valence-electron chi connectivity index (χ3n) is 3.08. The number of nitrogens with one attached hydrogen (secondary N) is 1. The standard InChI is InChI=1S/C14H18N2O2S2/c1-3-11-4-6-12(7-5-11)10(2)16-20(17,18)14-8-13(15)9-19-14/h4-10,16H,3,15H2,1-2H3. The van der Waals surface area contributed by atoms with Gasteiger partial charge in [0.15, 0.2) is 0 Å². The molecule has 0 aliphatic rings. The summed E-state index contributed by atoms with van der Waals surface area (Å²) >= 11 is 1.12. The van der Waals surface area contributed by atoms with E-state index < -0.39 is 10.0 Å². The van der Waals surface area contributed by atoms with Gasteiger partial charge in [0.25, 0.3) is 10.0 Å². The zero-order valence-electron chi connectivity index (χ0n) is 11.5. The van der Waals surface area contributed by atoms with Crippen LogP contribution in [0.1, 0.15) is 31.0 Å². The van der Waals surface area contributed by atoms with Crippen molar-refractivity contribution in [2.75, 3.05) is 5.73 Å². The zero-order chi connectivity index (χ0) is 14.8. The lowest BCUT2D eigenvalue weighted by Gasteiger charge is -2.14. The third kappa shape index (κ3) is 3.39. The fourth-order valence-electron chi connectivity index (χ4n) is 1.87. The first-order valence-electron chi connectivity index (χ1n) is 6.37. The van der Waals surface area contributed by atoms with Crippen LogP contribution < -0.4 is 10.5 Å². The number of sulfonamides is 1. The lowest BCUT2D eigenvalue weighted by atomic mass is 10.1. The fourth-order valence-corrected chi connectivity index (χ4v) is 4.20. The second-order valence-electron chi connectivity index (χ2n) is 4.64. The Morgan fingerprint density at radius 1 is 1.30 bits per heavy atom. The largest absolute Gasteiger partial charge is 0.398 e. The quantitative estimate of drug-likeness (QED) is 0.892. The van der Waals surface area contributed by atoms with Gasteiger partial charge in [0, 0.05) is 17.1 Å². The van der Waals surface area contributed by atoms with Crippen LogP contribution in [-0.4, -0.2) is 8.42 Å². The molecule has 108 valence electrons. The summed E-state index contributed by atoms with van der Waals surface area (Å²) < 4.78 is 27.3. The summed E-state index contributed by atoms with van der Waals surface area (Å²) in [4.78, 5) is 0. The molecule has 4 nitrogen and oxygen atoms in total. The molecular formula is C14H18N2O2S2. The van der Waals surface area contributed by atoms with Crippen molar-refractivity contribution in [3.63, 3.8) is 0 Å². The SMILES string of the molecule is CCc1ccc(C(C)NS(=O)(=O)c2cc(N)cs2)cc1. The lowest BCUT2D eigenvalue weighted by Crippen LogP contribution is -2.26. The van der Waals surface area contributed by atoms with Crippen molar-refractivity contribution in [1.29, 1.82) is 0 Å². The van der Waals surface area contributed by atoms with Crippen LogP contribution in [0.15, 0.2) is 39.9 Å². The van der Waals surface area contributed by atoms with Crippen LogP contribution in [0.5, 0.6) is 0 Å². The van der Waals surface area contributed by atoms with Gasteiger partial charge in [-0.25, -0.2) is 13.1 Å². The zero-order valence-corrected chi connectivity index (χ0v) is 13.1. The number of benzene rings is 1. The van der Waals surface area contributed by atoms with Gasteiger partial charge in [0.1, 0.15) is 4.21 Å². The van der Waals surface area contributed by atoms with Gasteiger partial charge in [-0.3, -0.25) is 0 Å². The number of rotatable bonds is 5. The number of hydrogen-bond donors (Lipinski definition) is 2. The van der Waals surface area contributed by atoms with Crippen molar-refractivity contribution in [2.24, 2.45) is 0 Å². The van der Waals surface area contributed by atoms with Gasteiger partial charge in [0.2, 0.25) is 0 Å². The Hall–Kier alpha value is -1.37. The molecule has 0 saturated heterocycles.